The molecule has 0 spiro atoms. The van der Waals surface area contributed by atoms with E-state index in [1.54, 1.807) is 12.1 Å². The third-order valence-corrected chi connectivity index (χ3v) is 6.16. The maximum atomic E-state index is 13.0. The normalized spacial score (nSPS) is 21.3. The van der Waals surface area contributed by atoms with Gasteiger partial charge in [0.1, 0.15) is 17.8 Å². The number of carbonyl (C=O) groups excluding carboxylic acids is 2. The van der Waals surface area contributed by atoms with Crippen LogP contribution in [0.4, 0.5) is 10.5 Å². The molecule has 5 nitrogen and oxygen atoms in total. The summed E-state index contributed by atoms with van der Waals surface area (Å²) in [4.78, 5) is 26.0. The fourth-order valence-electron chi connectivity index (χ4n) is 3.70. The van der Waals surface area contributed by atoms with Crippen LogP contribution in [-0.4, -0.2) is 37.7 Å². The van der Waals surface area contributed by atoms with E-state index in [2.05, 4.69) is 5.32 Å². The molecule has 0 radical (unpaired) electrons. The van der Waals surface area contributed by atoms with Crippen molar-refractivity contribution in [1.29, 1.82) is 0 Å². The SMILES string of the molecule is Cc1cccc2c1C(CNC(=O)c1ccc(Cl)s1)C[N+]2(C)C(=O)OC(C)(C)C. The highest BCUT2D eigenvalue weighted by atomic mass is 35.5. The maximum Gasteiger partial charge on any atom is 0.521 e. The molecular weight excluding hydrogens is 396 g/mol. The van der Waals surface area contributed by atoms with Gasteiger partial charge in [0.2, 0.25) is 0 Å². The van der Waals surface area contributed by atoms with E-state index in [0.717, 1.165) is 16.8 Å². The van der Waals surface area contributed by atoms with Crippen molar-refractivity contribution >= 4 is 40.6 Å². The van der Waals surface area contributed by atoms with Crippen LogP contribution < -0.4 is 9.80 Å². The number of hydrogen-bond donors (Lipinski definition) is 1. The van der Waals surface area contributed by atoms with E-state index in [4.69, 9.17) is 16.3 Å². The van der Waals surface area contributed by atoms with Gasteiger partial charge in [-0.1, -0.05) is 23.7 Å². The average Bonchev–Trinajstić information content (AvgIpc) is 3.15. The number of benzene rings is 1. The number of fused-ring (bicyclic) bond motifs is 1. The van der Waals surface area contributed by atoms with E-state index >= 15 is 0 Å². The van der Waals surface area contributed by atoms with E-state index < -0.39 is 5.60 Å². The molecule has 1 aromatic heterocycles. The van der Waals surface area contributed by atoms with Gasteiger partial charge in [-0.3, -0.25) is 4.79 Å². The first-order valence-corrected chi connectivity index (χ1v) is 10.4. The number of hydrogen-bond acceptors (Lipinski definition) is 4. The summed E-state index contributed by atoms with van der Waals surface area (Å²) in [5.41, 5.74) is 2.60. The fourth-order valence-corrected chi connectivity index (χ4v) is 4.66. The van der Waals surface area contributed by atoms with Crippen molar-refractivity contribution < 1.29 is 14.3 Å². The lowest BCUT2D eigenvalue weighted by Crippen LogP contribution is -2.52. The van der Waals surface area contributed by atoms with Gasteiger partial charge < -0.3 is 10.1 Å². The van der Waals surface area contributed by atoms with Crippen LogP contribution in [0.1, 0.15) is 47.5 Å². The molecule has 150 valence electrons. The van der Waals surface area contributed by atoms with Gasteiger partial charge in [0, 0.05) is 18.2 Å². The number of rotatable bonds is 3. The standard InChI is InChI=1S/C21H25ClN2O3S/c1-13-7-6-8-15-18(13)14(11-23-19(25)16-9-10-17(22)28-16)12-24(15,5)20(26)27-21(2,3)4/h6-10,14H,11-12H2,1-5H3/p+1. The quantitative estimate of drug-likeness (QED) is 0.700. The minimum atomic E-state index is -0.562. The average molecular weight is 422 g/mol. The molecule has 0 saturated carbocycles. The Hall–Kier alpha value is -1.89. The second-order valence-corrected chi connectivity index (χ2v) is 10.1. The molecule has 0 aliphatic carbocycles. The molecule has 2 atom stereocenters. The van der Waals surface area contributed by atoms with Crippen LogP contribution in [0, 0.1) is 6.92 Å². The van der Waals surface area contributed by atoms with Crippen LogP contribution >= 0.6 is 22.9 Å². The van der Waals surface area contributed by atoms with Crippen molar-refractivity contribution in [2.45, 2.75) is 39.2 Å². The van der Waals surface area contributed by atoms with Gasteiger partial charge in [-0.25, -0.2) is 0 Å². The maximum absolute atomic E-state index is 13.0. The molecule has 2 amide bonds. The molecular formula is C21H26ClN2O3S+. The van der Waals surface area contributed by atoms with Crippen LogP contribution in [-0.2, 0) is 4.74 Å². The van der Waals surface area contributed by atoms with Crippen molar-refractivity contribution in [2.24, 2.45) is 0 Å². The molecule has 0 bridgehead atoms. The molecule has 2 aromatic rings. The van der Waals surface area contributed by atoms with Crippen molar-refractivity contribution in [2.75, 3.05) is 20.1 Å². The van der Waals surface area contributed by atoms with Crippen LogP contribution in [0.3, 0.4) is 0 Å². The Balaban J connectivity index is 1.84. The molecule has 1 aromatic carbocycles. The first-order chi connectivity index (χ1) is 13.0. The number of halogens is 1. The molecule has 28 heavy (non-hydrogen) atoms. The van der Waals surface area contributed by atoms with E-state index in [1.807, 2.05) is 52.9 Å². The Labute approximate surface area is 174 Å². The number of likely N-dealkylation sites (N-methyl/N-ethyl adjacent to an activating group) is 1. The highest BCUT2D eigenvalue weighted by Gasteiger charge is 2.49. The van der Waals surface area contributed by atoms with Gasteiger partial charge in [0.15, 0.2) is 0 Å². The second kappa shape index (κ2) is 7.50. The topological polar surface area (TPSA) is 55.4 Å². The molecule has 2 heterocycles. The highest BCUT2D eigenvalue weighted by Crippen LogP contribution is 2.43. The smallest absolute Gasteiger partial charge is 0.414 e. The van der Waals surface area contributed by atoms with E-state index in [0.29, 0.717) is 22.3 Å². The molecule has 0 saturated heterocycles. The number of aryl methyl sites for hydroxylation is 1. The summed E-state index contributed by atoms with van der Waals surface area (Å²) in [7, 11) is 1.88. The van der Waals surface area contributed by atoms with Gasteiger partial charge >= 0.3 is 6.09 Å². The van der Waals surface area contributed by atoms with Gasteiger partial charge in [-0.2, -0.15) is 9.28 Å². The van der Waals surface area contributed by atoms with Crippen molar-refractivity contribution in [3.05, 3.63) is 50.7 Å². The number of nitrogens with one attached hydrogen (secondary N) is 1. The van der Waals surface area contributed by atoms with Crippen LogP contribution in [0.15, 0.2) is 30.3 Å². The predicted molar refractivity (Wildman–Crippen MR) is 114 cm³/mol. The van der Waals surface area contributed by atoms with Crippen LogP contribution in [0.5, 0.6) is 0 Å². The number of ether oxygens (including phenoxy) is 1. The lowest BCUT2D eigenvalue weighted by atomic mass is 9.96. The third kappa shape index (κ3) is 4.09. The summed E-state index contributed by atoms with van der Waals surface area (Å²) in [6.07, 6.45) is -0.279. The Morgan fingerprint density at radius 2 is 2.00 bits per heavy atom. The van der Waals surface area contributed by atoms with Crippen molar-refractivity contribution in [3.63, 3.8) is 0 Å². The van der Waals surface area contributed by atoms with Crippen molar-refractivity contribution in [1.82, 2.24) is 9.80 Å². The summed E-state index contributed by atoms with van der Waals surface area (Å²) in [5.74, 6) is -0.126. The number of thiophene rings is 1. The Bertz CT molecular complexity index is 919. The van der Waals surface area contributed by atoms with Gasteiger partial charge in [-0.05, 0) is 45.4 Å². The molecule has 0 fully saturated rings. The summed E-state index contributed by atoms with van der Waals surface area (Å²) >= 11 is 7.18. The largest absolute Gasteiger partial charge is 0.521 e. The third-order valence-electron chi connectivity index (χ3n) is 4.93. The van der Waals surface area contributed by atoms with E-state index in [1.165, 1.54) is 11.3 Å². The summed E-state index contributed by atoms with van der Waals surface area (Å²) in [6, 6.07) is 9.41. The minimum Gasteiger partial charge on any atom is -0.414 e. The molecule has 1 aliphatic rings. The van der Waals surface area contributed by atoms with Gasteiger partial charge in [0.25, 0.3) is 5.91 Å². The first-order valence-electron chi connectivity index (χ1n) is 9.24. The van der Waals surface area contributed by atoms with Crippen molar-refractivity contribution in [3.8, 4) is 0 Å². The van der Waals surface area contributed by atoms with Gasteiger partial charge in [0.05, 0.1) is 22.2 Å². The monoisotopic (exact) mass is 421 g/mol. The summed E-state index contributed by atoms with van der Waals surface area (Å²) in [6.45, 7) is 8.64. The molecule has 7 heteroatoms. The Morgan fingerprint density at radius 3 is 2.61 bits per heavy atom. The minimum absolute atomic E-state index is 0.0214. The molecule has 3 rings (SSSR count). The molecule has 2 unspecified atom stereocenters. The molecule has 1 aliphatic heterocycles. The zero-order valence-electron chi connectivity index (χ0n) is 16.8. The number of nitrogens with zero attached hydrogens (tertiary/aromatic N) is 1. The first kappa shape index (κ1) is 20.8. The van der Waals surface area contributed by atoms with E-state index in [-0.39, 0.29) is 22.4 Å². The predicted octanol–water partition coefficient (Wildman–Crippen LogP) is 5.11. The zero-order chi connectivity index (χ0) is 20.7. The van der Waals surface area contributed by atoms with E-state index in [9.17, 15) is 9.59 Å². The Morgan fingerprint density at radius 1 is 1.29 bits per heavy atom. The summed E-state index contributed by atoms with van der Waals surface area (Å²) < 4.78 is 6.35. The summed E-state index contributed by atoms with van der Waals surface area (Å²) in [5, 5.41) is 3.00. The number of carbonyl (C=O) groups is 2. The van der Waals surface area contributed by atoms with Gasteiger partial charge in [-0.15, -0.1) is 11.3 Å². The zero-order valence-corrected chi connectivity index (χ0v) is 18.4. The lowest BCUT2D eigenvalue weighted by molar-refractivity contribution is 0.0317. The number of quaternary nitrogens is 1. The second-order valence-electron chi connectivity index (χ2n) is 8.37. The molecule has 1 N–H and O–H groups in total. The fraction of sp³-hybridized carbons (Fsp3) is 0.429. The Kier molecular flexibility index (Phi) is 5.58. The lowest BCUT2D eigenvalue weighted by Gasteiger charge is -2.30. The highest BCUT2D eigenvalue weighted by molar-refractivity contribution is 7.17. The number of amides is 2. The van der Waals surface area contributed by atoms with Crippen LogP contribution in [0.2, 0.25) is 4.34 Å². The van der Waals surface area contributed by atoms with Crippen LogP contribution in [0.25, 0.3) is 0 Å².